The number of thiazole rings is 1. The molecule has 5 atom stereocenters. The summed E-state index contributed by atoms with van der Waals surface area (Å²) in [6.45, 7) is 13.6. The van der Waals surface area contributed by atoms with Crippen molar-refractivity contribution in [2.75, 3.05) is 75.1 Å². The minimum Gasteiger partial charge on any atom is -0.391 e. The molecule has 79 heavy (non-hydrogen) atoms. The van der Waals surface area contributed by atoms with Crippen LogP contribution in [-0.2, 0) is 24.6 Å². The molecule has 3 amide bonds. The number of hydrogen-bond acceptors (Lipinski definition) is 13. The monoisotopic (exact) mass is 1120 g/mol. The second kappa shape index (κ2) is 22.4. The largest absolute Gasteiger partial charge is 0.391 e. The molecule has 18 nitrogen and oxygen atoms in total. The highest BCUT2D eigenvalue weighted by atomic mass is 32.2. The van der Waals surface area contributed by atoms with Gasteiger partial charge in [0.25, 0.3) is 0 Å². The number of likely N-dealkylation sites (tertiary alicyclic amines) is 2. The number of aromatic nitrogens is 3. The van der Waals surface area contributed by atoms with Gasteiger partial charge in [0.05, 0.1) is 46.0 Å². The number of H-pyrrole nitrogens is 1. The van der Waals surface area contributed by atoms with E-state index in [-0.39, 0.29) is 61.9 Å². The summed E-state index contributed by atoms with van der Waals surface area (Å²) in [5, 5.41) is 17.1. The maximum atomic E-state index is 15.8. The van der Waals surface area contributed by atoms with Crippen LogP contribution < -0.4 is 20.3 Å². The number of hydrogen-bond donors (Lipinski definition) is 5. The molecular formula is C56H64F3N11O7S2. The van der Waals surface area contributed by atoms with Gasteiger partial charge in [-0.25, -0.2) is 23.1 Å². The van der Waals surface area contributed by atoms with Crippen molar-refractivity contribution in [2.24, 2.45) is 5.41 Å². The number of carbonyl (C=O) groups excluding carboxylic acids is 4. The highest BCUT2D eigenvalue weighted by Crippen LogP contribution is 2.34. The Morgan fingerprint density at radius 1 is 0.886 bits per heavy atom. The van der Waals surface area contributed by atoms with E-state index in [1.165, 1.54) is 11.1 Å². The van der Waals surface area contributed by atoms with Crippen molar-refractivity contribution in [2.45, 2.75) is 83.9 Å². The molecule has 3 aromatic heterocycles. The van der Waals surface area contributed by atoms with Crippen molar-refractivity contribution in [1.82, 2.24) is 44.6 Å². The maximum Gasteiger partial charge on any atom is 0.301 e. The Morgan fingerprint density at radius 2 is 1.59 bits per heavy atom. The fourth-order valence-electron chi connectivity index (χ4n) is 11.0. The number of fused-ring (bicyclic) bond motifs is 1. The summed E-state index contributed by atoms with van der Waals surface area (Å²) >= 11 is 1.57. The average Bonchev–Trinajstić information content (AvgIpc) is 4.43. The van der Waals surface area contributed by atoms with Gasteiger partial charge in [0.2, 0.25) is 23.5 Å². The molecule has 4 aliphatic rings. The number of pyridine rings is 1. The van der Waals surface area contributed by atoms with Crippen molar-refractivity contribution in [3.63, 3.8) is 0 Å². The normalized spacial score (nSPS) is 20.5. The van der Waals surface area contributed by atoms with E-state index in [0.29, 0.717) is 29.7 Å². The van der Waals surface area contributed by atoms with E-state index >= 15 is 8.78 Å². The van der Waals surface area contributed by atoms with Crippen molar-refractivity contribution >= 4 is 67.5 Å². The summed E-state index contributed by atoms with van der Waals surface area (Å²) in [7, 11) is -4.38. The SMILES string of the molecule is Cc1ncsc1-c1ccc([C@H](C)NC(=O)[C@@H]2C[C@@H](O)CN2C(=O)[C@@H](NC(=O)CN2CC(N3CCN(c4ccc(-c5cnc6[nH]cc(C(=O)c7c(F)ccc(NS(=O)(=O)N8CC[C@@H](F)C8)c7F)c6c5)cc4)CC3)C2)C(C)(C)C)cc1. The molecule has 7 heterocycles. The number of β-amino-alcohol motifs (C(OH)–C–C–N with tert-alkyl or cyclic N) is 1. The number of aliphatic hydroxyl groups is 1. The van der Waals surface area contributed by atoms with Gasteiger partial charge in [0.15, 0.2) is 5.82 Å². The predicted octanol–water partition coefficient (Wildman–Crippen LogP) is 6.05. The second-order valence-electron chi connectivity index (χ2n) is 22.1. The fraction of sp³-hybridized carbons (Fsp3) is 0.429. The third kappa shape index (κ3) is 11.8. The van der Waals surface area contributed by atoms with Gasteiger partial charge < -0.3 is 30.5 Å². The zero-order valence-corrected chi connectivity index (χ0v) is 46.1. The van der Waals surface area contributed by atoms with Crippen LogP contribution in [-0.4, -0.2) is 167 Å². The third-order valence-electron chi connectivity index (χ3n) is 15.5. The van der Waals surface area contributed by atoms with Crippen LogP contribution in [0, 0.1) is 24.0 Å². The van der Waals surface area contributed by atoms with Gasteiger partial charge in [-0.2, -0.15) is 12.7 Å². The molecule has 0 bridgehead atoms. The number of aliphatic hydroxyl groups excluding tert-OH is 1. The number of halogens is 3. The van der Waals surface area contributed by atoms with Crippen LogP contribution in [0.5, 0.6) is 0 Å². The van der Waals surface area contributed by atoms with Gasteiger partial charge in [-0.15, -0.1) is 11.3 Å². The number of alkyl halides is 1. The molecule has 0 radical (unpaired) electrons. The van der Waals surface area contributed by atoms with E-state index in [9.17, 15) is 37.1 Å². The van der Waals surface area contributed by atoms with Crippen molar-refractivity contribution in [3.8, 4) is 21.6 Å². The lowest BCUT2D eigenvalue weighted by Gasteiger charge is -2.48. The van der Waals surface area contributed by atoms with Crippen LogP contribution in [0.2, 0.25) is 0 Å². The zero-order valence-electron chi connectivity index (χ0n) is 44.5. The van der Waals surface area contributed by atoms with Crippen LogP contribution in [0.4, 0.5) is 24.5 Å². The number of piperazine rings is 1. The van der Waals surface area contributed by atoms with Crippen molar-refractivity contribution in [1.29, 1.82) is 0 Å². The summed E-state index contributed by atoms with van der Waals surface area (Å²) in [5.74, 6) is -4.68. The lowest BCUT2D eigenvalue weighted by molar-refractivity contribution is -0.144. The lowest BCUT2D eigenvalue weighted by Crippen LogP contribution is -2.65. The van der Waals surface area contributed by atoms with Crippen LogP contribution in [0.15, 0.2) is 84.6 Å². The first-order valence-corrected chi connectivity index (χ1v) is 28.8. The molecule has 0 spiro atoms. The molecule has 6 aromatic rings. The van der Waals surface area contributed by atoms with Gasteiger partial charge in [-0.05, 0) is 72.7 Å². The summed E-state index contributed by atoms with van der Waals surface area (Å²) in [6.07, 6.45) is 0.754. The smallest absolute Gasteiger partial charge is 0.301 e. The number of ketones is 1. The number of aromatic amines is 1. The predicted molar refractivity (Wildman–Crippen MR) is 295 cm³/mol. The molecule has 4 fully saturated rings. The van der Waals surface area contributed by atoms with E-state index in [4.69, 9.17) is 0 Å². The average molecular weight is 1120 g/mol. The Labute approximate surface area is 460 Å². The quantitative estimate of drug-likeness (QED) is 0.0701. The summed E-state index contributed by atoms with van der Waals surface area (Å²) in [6, 6.07) is 17.2. The Balaban J connectivity index is 0.701. The number of nitrogens with zero attached hydrogens (tertiary/aromatic N) is 7. The Bertz CT molecular complexity index is 3380. The molecule has 0 aliphatic carbocycles. The van der Waals surface area contributed by atoms with Gasteiger partial charge in [0, 0.05) is 106 Å². The van der Waals surface area contributed by atoms with Crippen LogP contribution in [0.1, 0.15) is 73.8 Å². The van der Waals surface area contributed by atoms with Crippen molar-refractivity contribution in [3.05, 3.63) is 119 Å². The fourth-order valence-corrected chi connectivity index (χ4v) is 13.1. The molecule has 4 aliphatic heterocycles. The molecule has 418 valence electrons. The minimum atomic E-state index is -4.38. The molecule has 0 unspecified atom stereocenters. The molecule has 5 N–H and O–H groups in total. The first-order chi connectivity index (χ1) is 37.6. The standard InChI is InChI=1S/C56H64F3N11O7S2/c1-32(34-6-8-36(9-7-34)51-33(2)62-31-78-51)63-54(74)46-23-41(71)29-70(46)55(75)52(56(3,4)5)64-47(72)30-66-27-40(28-66)68-20-18-67(19-21-68)39-12-10-35(11-13-39)37-22-42-43(25-61-53(42)60-24-37)50(73)48-44(58)14-15-45(49(48)59)65-79(76,77)69-17-16-38(57)26-69/h6-15,22,24-25,31-32,38,40-41,46,52,65,71H,16-21,23,26-30H2,1-5H3,(H,60,61)(H,63,74)(H,64,72)/t32-,38+,41+,46-,52+/m0/s1. The molecule has 10 rings (SSSR count). The first-order valence-electron chi connectivity index (χ1n) is 26.4. The Morgan fingerprint density at radius 3 is 2.25 bits per heavy atom. The number of anilines is 2. The summed E-state index contributed by atoms with van der Waals surface area (Å²) in [4.78, 5) is 76.4. The number of benzene rings is 3. The van der Waals surface area contributed by atoms with Crippen LogP contribution in [0.25, 0.3) is 32.6 Å². The van der Waals surface area contributed by atoms with E-state index in [2.05, 4.69) is 40.3 Å². The highest BCUT2D eigenvalue weighted by Gasteiger charge is 2.45. The highest BCUT2D eigenvalue weighted by molar-refractivity contribution is 7.90. The lowest BCUT2D eigenvalue weighted by atomic mass is 9.85. The maximum absolute atomic E-state index is 15.8. The van der Waals surface area contributed by atoms with E-state index < -0.39 is 81.1 Å². The van der Waals surface area contributed by atoms with Gasteiger partial charge in [0.1, 0.15) is 29.7 Å². The summed E-state index contributed by atoms with van der Waals surface area (Å²) < 4.78 is 73.4. The second-order valence-corrected chi connectivity index (χ2v) is 24.6. The molecule has 23 heteroatoms. The van der Waals surface area contributed by atoms with E-state index in [1.807, 2.05) is 93.4 Å². The molecule has 4 saturated heterocycles. The van der Waals surface area contributed by atoms with Crippen molar-refractivity contribution < 1.29 is 45.9 Å². The number of aryl methyl sites for hydroxylation is 1. The number of carbonyl (C=O) groups is 4. The summed E-state index contributed by atoms with van der Waals surface area (Å²) in [5.41, 5.74) is 5.08. The third-order valence-corrected chi connectivity index (χ3v) is 18.0. The number of rotatable bonds is 16. The Hall–Kier alpha value is -6.76. The Kier molecular flexibility index (Phi) is 15.8. The zero-order chi connectivity index (χ0) is 56.1. The molecule has 3 aromatic carbocycles. The number of amides is 3. The van der Waals surface area contributed by atoms with Gasteiger partial charge >= 0.3 is 10.2 Å². The minimum absolute atomic E-state index is 0.00916. The van der Waals surface area contributed by atoms with Crippen LogP contribution >= 0.6 is 11.3 Å². The van der Waals surface area contributed by atoms with E-state index in [0.717, 1.165) is 75.6 Å². The van der Waals surface area contributed by atoms with Gasteiger partial charge in [-0.1, -0.05) is 57.2 Å². The number of nitrogens with one attached hydrogen (secondary N) is 4. The topological polar surface area (TPSA) is 217 Å². The molecule has 0 saturated carbocycles. The van der Waals surface area contributed by atoms with E-state index in [1.54, 1.807) is 23.6 Å². The first kappa shape index (κ1) is 55.6. The molecular weight excluding hydrogens is 1060 g/mol. The van der Waals surface area contributed by atoms with Crippen LogP contribution in [0.3, 0.4) is 0 Å². The van der Waals surface area contributed by atoms with Gasteiger partial charge in [-0.3, -0.25) is 33.7 Å².